The molecule has 0 aromatic carbocycles. The lowest BCUT2D eigenvalue weighted by Crippen LogP contribution is -2.30. The molecule has 0 radical (unpaired) electrons. The van der Waals surface area contributed by atoms with Crippen LogP contribution >= 0.6 is 0 Å². The molecule has 1 atom stereocenters. The van der Waals surface area contributed by atoms with Crippen LogP contribution < -0.4 is 0 Å². The number of unbranched alkanes of at least 4 members (excludes halogenated alkanes) is 25. The first-order chi connectivity index (χ1) is 30.6. The highest BCUT2D eigenvalue weighted by molar-refractivity contribution is 5.70. The Kier molecular flexibility index (Phi) is 50.4. The quantitative estimate of drug-likeness (QED) is 0.0346. The van der Waals surface area contributed by atoms with E-state index >= 15 is 0 Å². The van der Waals surface area contributed by atoms with E-state index in [1.54, 1.807) is 0 Å². The molecule has 0 amide bonds. The van der Waals surface area contributed by atoms with Gasteiger partial charge in [0.15, 0.2) is 6.10 Å². The molecule has 358 valence electrons. The second kappa shape index (κ2) is 52.7. The van der Waals surface area contributed by atoms with Crippen molar-refractivity contribution in [2.75, 3.05) is 19.8 Å². The Bertz CT molecular complexity index is 1110. The van der Waals surface area contributed by atoms with Crippen LogP contribution in [0.5, 0.6) is 0 Å². The fourth-order valence-electron chi connectivity index (χ4n) is 7.29. The maximum absolute atomic E-state index is 12.8. The Morgan fingerprint density at radius 1 is 0.371 bits per heavy atom. The summed E-state index contributed by atoms with van der Waals surface area (Å²) >= 11 is 0. The molecule has 1 unspecified atom stereocenters. The predicted octanol–water partition coefficient (Wildman–Crippen LogP) is 17.9. The summed E-state index contributed by atoms with van der Waals surface area (Å²) in [5.41, 5.74) is 0. The molecular formula is C57H100O5. The molecule has 0 aliphatic heterocycles. The summed E-state index contributed by atoms with van der Waals surface area (Å²) in [6, 6.07) is 0. The van der Waals surface area contributed by atoms with Crippen molar-refractivity contribution in [1.82, 2.24) is 0 Å². The number of allylic oxidation sites excluding steroid dienone is 12. The van der Waals surface area contributed by atoms with Gasteiger partial charge in [-0.05, 0) is 77.0 Å². The number of carbonyl (C=O) groups is 2. The first-order valence-electron chi connectivity index (χ1n) is 26.5. The van der Waals surface area contributed by atoms with Crippen molar-refractivity contribution in [3.8, 4) is 0 Å². The maximum Gasteiger partial charge on any atom is 0.306 e. The number of carbonyl (C=O) groups excluding carboxylic acids is 2. The first-order valence-corrected chi connectivity index (χ1v) is 26.5. The van der Waals surface area contributed by atoms with Gasteiger partial charge >= 0.3 is 11.9 Å². The van der Waals surface area contributed by atoms with Gasteiger partial charge < -0.3 is 14.2 Å². The van der Waals surface area contributed by atoms with Crippen molar-refractivity contribution in [3.05, 3.63) is 72.9 Å². The average Bonchev–Trinajstić information content (AvgIpc) is 3.27. The molecule has 0 rings (SSSR count). The normalized spacial score (nSPS) is 12.8. The Hall–Kier alpha value is -2.66. The molecule has 0 spiro atoms. The topological polar surface area (TPSA) is 61.8 Å². The third-order valence-electron chi connectivity index (χ3n) is 11.2. The highest BCUT2D eigenvalue weighted by Gasteiger charge is 2.17. The lowest BCUT2D eigenvalue weighted by atomic mass is 10.0. The lowest BCUT2D eigenvalue weighted by molar-refractivity contribution is -0.163. The van der Waals surface area contributed by atoms with Gasteiger partial charge in [-0.2, -0.15) is 0 Å². The van der Waals surface area contributed by atoms with E-state index in [9.17, 15) is 9.59 Å². The average molecular weight is 865 g/mol. The van der Waals surface area contributed by atoms with Gasteiger partial charge in [0.25, 0.3) is 0 Å². The van der Waals surface area contributed by atoms with Crippen LogP contribution in [0.1, 0.15) is 252 Å². The van der Waals surface area contributed by atoms with E-state index in [1.165, 1.54) is 135 Å². The molecule has 0 fully saturated rings. The third kappa shape index (κ3) is 50.0. The number of ether oxygens (including phenoxy) is 3. The standard InChI is InChI=1S/C57H100O5/c1-4-7-10-13-16-19-22-24-26-28-30-32-34-37-40-43-46-49-52-60-53-55(62-57(59)51-48-45-42-39-35-21-18-15-12-9-6-3)54-61-56(58)50-47-44-41-38-36-33-31-29-27-25-23-20-17-14-11-8-5-2/h8,11,15,17-18,20,25,27,31,33,38,41,55H,4-7,9-10,12-14,16,19,21-24,26,28-30,32,34-37,39-40,42-54H2,1-3H3/b11-8-,18-15-,20-17-,27-25-,33-31-,41-38-. The zero-order chi connectivity index (χ0) is 44.9. The summed E-state index contributed by atoms with van der Waals surface area (Å²) < 4.78 is 17.4. The largest absolute Gasteiger partial charge is 0.462 e. The van der Waals surface area contributed by atoms with Gasteiger partial charge in [-0.3, -0.25) is 9.59 Å². The van der Waals surface area contributed by atoms with Crippen molar-refractivity contribution >= 4 is 11.9 Å². The van der Waals surface area contributed by atoms with Crippen LogP contribution in [0.3, 0.4) is 0 Å². The fraction of sp³-hybridized carbons (Fsp3) is 0.754. The van der Waals surface area contributed by atoms with Crippen molar-refractivity contribution < 1.29 is 23.8 Å². The maximum atomic E-state index is 12.8. The molecular weight excluding hydrogens is 765 g/mol. The van der Waals surface area contributed by atoms with E-state index in [0.29, 0.717) is 19.4 Å². The Morgan fingerprint density at radius 2 is 0.758 bits per heavy atom. The summed E-state index contributed by atoms with van der Waals surface area (Å²) in [6.45, 7) is 7.63. The molecule has 0 N–H and O–H groups in total. The highest BCUT2D eigenvalue weighted by atomic mass is 16.6. The zero-order valence-electron chi connectivity index (χ0n) is 41.1. The minimum atomic E-state index is -0.563. The summed E-state index contributed by atoms with van der Waals surface area (Å²) in [6.07, 6.45) is 67.8. The van der Waals surface area contributed by atoms with Crippen LogP contribution in [0.15, 0.2) is 72.9 Å². The van der Waals surface area contributed by atoms with Crippen LogP contribution in [0.4, 0.5) is 0 Å². The fourth-order valence-corrected chi connectivity index (χ4v) is 7.29. The number of rotatable bonds is 48. The van der Waals surface area contributed by atoms with E-state index in [-0.39, 0.29) is 25.2 Å². The van der Waals surface area contributed by atoms with Crippen LogP contribution in [-0.2, 0) is 23.8 Å². The van der Waals surface area contributed by atoms with Crippen molar-refractivity contribution in [2.45, 2.75) is 258 Å². The third-order valence-corrected chi connectivity index (χ3v) is 11.2. The summed E-state index contributed by atoms with van der Waals surface area (Å²) in [7, 11) is 0. The Labute approximate surface area is 385 Å². The summed E-state index contributed by atoms with van der Waals surface area (Å²) in [5, 5.41) is 0. The van der Waals surface area contributed by atoms with Gasteiger partial charge in [-0.25, -0.2) is 0 Å². The van der Waals surface area contributed by atoms with Crippen molar-refractivity contribution in [3.63, 3.8) is 0 Å². The molecule has 0 bridgehead atoms. The first kappa shape index (κ1) is 59.3. The molecule has 5 nitrogen and oxygen atoms in total. The van der Waals surface area contributed by atoms with Gasteiger partial charge in [0.1, 0.15) is 6.61 Å². The highest BCUT2D eigenvalue weighted by Crippen LogP contribution is 2.15. The lowest BCUT2D eigenvalue weighted by Gasteiger charge is -2.18. The van der Waals surface area contributed by atoms with Gasteiger partial charge in [-0.1, -0.05) is 235 Å². The second-order valence-corrected chi connectivity index (χ2v) is 17.4. The van der Waals surface area contributed by atoms with Crippen LogP contribution in [0.2, 0.25) is 0 Å². The molecule has 0 aromatic rings. The zero-order valence-corrected chi connectivity index (χ0v) is 41.1. The van der Waals surface area contributed by atoms with Crippen molar-refractivity contribution in [2.24, 2.45) is 0 Å². The van der Waals surface area contributed by atoms with Gasteiger partial charge in [-0.15, -0.1) is 0 Å². The number of hydrogen-bond donors (Lipinski definition) is 0. The van der Waals surface area contributed by atoms with Gasteiger partial charge in [0.05, 0.1) is 6.61 Å². The van der Waals surface area contributed by atoms with Crippen LogP contribution in [0.25, 0.3) is 0 Å². The molecule has 0 saturated carbocycles. The minimum Gasteiger partial charge on any atom is -0.462 e. The van der Waals surface area contributed by atoms with Gasteiger partial charge in [0.2, 0.25) is 0 Å². The van der Waals surface area contributed by atoms with E-state index in [4.69, 9.17) is 14.2 Å². The molecule has 0 aliphatic rings. The number of esters is 2. The van der Waals surface area contributed by atoms with Crippen LogP contribution in [0, 0.1) is 0 Å². The van der Waals surface area contributed by atoms with E-state index in [1.807, 2.05) is 0 Å². The Balaban J connectivity index is 4.30. The molecule has 0 aliphatic carbocycles. The molecule has 5 heteroatoms. The van der Waals surface area contributed by atoms with E-state index < -0.39 is 6.10 Å². The summed E-state index contributed by atoms with van der Waals surface area (Å²) in [4.78, 5) is 25.3. The number of hydrogen-bond acceptors (Lipinski definition) is 5. The molecule has 0 saturated heterocycles. The molecule has 62 heavy (non-hydrogen) atoms. The summed E-state index contributed by atoms with van der Waals surface area (Å²) in [5.74, 6) is -0.470. The molecule has 0 heterocycles. The monoisotopic (exact) mass is 865 g/mol. The Morgan fingerprint density at radius 3 is 1.27 bits per heavy atom. The second-order valence-electron chi connectivity index (χ2n) is 17.4. The van der Waals surface area contributed by atoms with Crippen LogP contribution in [-0.4, -0.2) is 37.9 Å². The van der Waals surface area contributed by atoms with Gasteiger partial charge in [0, 0.05) is 19.4 Å². The molecule has 0 aromatic heterocycles. The van der Waals surface area contributed by atoms with Crippen molar-refractivity contribution in [1.29, 1.82) is 0 Å². The SMILES string of the molecule is CC/C=C\C/C=C\C/C=C\C/C=C\C/C=C\CCCC(=O)OCC(COCCCCCCCCCCCCCCCCCCCC)OC(=O)CCCCCCC/C=C\CCCC. The van der Waals surface area contributed by atoms with E-state index in [2.05, 4.69) is 93.7 Å². The smallest absolute Gasteiger partial charge is 0.306 e. The predicted molar refractivity (Wildman–Crippen MR) is 270 cm³/mol. The van der Waals surface area contributed by atoms with E-state index in [0.717, 1.165) is 83.5 Å². The minimum absolute atomic E-state index is 0.0527.